The molecule has 2 rings (SSSR count). The number of nitrogens with zero attached hydrogens (tertiary/aromatic N) is 1. The first kappa shape index (κ1) is 12.0. The molecule has 0 aromatic heterocycles. The number of carbonyl (C=O) groups excluding carboxylic acids is 1. The molecule has 3 nitrogen and oxygen atoms in total. The Labute approximate surface area is 105 Å². The van der Waals surface area contributed by atoms with Crippen LogP contribution < -0.4 is 5.32 Å². The third-order valence-corrected chi connectivity index (χ3v) is 3.11. The lowest BCUT2D eigenvalue weighted by molar-refractivity contribution is -0.127. The average molecular weight is 252 g/mol. The Morgan fingerprint density at radius 3 is 2.59 bits per heavy atom. The summed E-state index contributed by atoms with van der Waals surface area (Å²) in [7, 11) is 0. The van der Waals surface area contributed by atoms with Gasteiger partial charge < -0.3 is 5.32 Å². The maximum atomic E-state index is 12.8. The number of benzene rings is 1. The van der Waals surface area contributed by atoms with E-state index >= 15 is 0 Å². The van der Waals surface area contributed by atoms with E-state index < -0.39 is 0 Å². The Bertz CT molecular complexity index is 446. The Morgan fingerprint density at radius 2 is 2.06 bits per heavy atom. The molecule has 1 aromatic carbocycles. The summed E-state index contributed by atoms with van der Waals surface area (Å²) in [5.41, 5.74) is 0.862. The van der Waals surface area contributed by atoms with Crippen LogP contribution in [0.2, 0.25) is 0 Å². The molecule has 1 amide bonds. The molecule has 90 valence electrons. The minimum Gasteiger partial charge on any atom is -0.350 e. The van der Waals surface area contributed by atoms with Crippen LogP contribution in [0.3, 0.4) is 0 Å². The number of hydrogen-bond donors (Lipinski definition) is 1. The Kier molecular flexibility index (Phi) is 3.38. The summed E-state index contributed by atoms with van der Waals surface area (Å²) >= 11 is 5.11. The quantitative estimate of drug-likeness (QED) is 0.833. The highest BCUT2D eigenvalue weighted by Gasteiger charge is 2.33. The van der Waals surface area contributed by atoms with Gasteiger partial charge in [0.2, 0.25) is 0 Å². The molecule has 1 fully saturated rings. The lowest BCUT2D eigenvalue weighted by Crippen LogP contribution is -2.30. The Morgan fingerprint density at radius 1 is 1.41 bits per heavy atom. The fourth-order valence-corrected chi connectivity index (χ4v) is 2.07. The van der Waals surface area contributed by atoms with Crippen molar-refractivity contribution in [1.82, 2.24) is 10.2 Å². The van der Waals surface area contributed by atoms with Crippen molar-refractivity contribution in [2.24, 2.45) is 0 Å². The number of thiocarbonyl (C=S) groups is 1. The summed E-state index contributed by atoms with van der Waals surface area (Å²) in [6.07, 6.45) is 0.707. The van der Waals surface area contributed by atoms with Crippen LogP contribution in [-0.4, -0.2) is 22.0 Å². The van der Waals surface area contributed by atoms with E-state index in [0.29, 0.717) is 18.1 Å². The summed E-state index contributed by atoms with van der Waals surface area (Å²) in [5.74, 6) is -0.296. The highest BCUT2D eigenvalue weighted by molar-refractivity contribution is 7.80. The number of carbonyl (C=O) groups is 1. The summed E-state index contributed by atoms with van der Waals surface area (Å²) in [4.78, 5) is 13.4. The van der Waals surface area contributed by atoms with Crippen LogP contribution in [0.5, 0.6) is 0 Å². The Balaban J connectivity index is 2.11. The number of amides is 1. The van der Waals surface area contributed by atoms with Gasteiger partial charge in [0.25, 0.3) is 5.91 Å². The molecule has 17 heavy (non-hydrogen) atoms. The van der Waals surface area contributed by atoms with Crippen LogP contribution in [0, 0.1) is 5.82 Å². The van der Waals surface area contributed by atoms with Crippen LogP contribution >= 0.6 is 12.2 Å². The van der Waals surface area contributed by atoms with Crippen molar-refractivity contribution in [2.45, 2.75) is 25.9 Å². The van der Waals surface area contributed by atoms with Gasteiger partial charge in [-0.3, -0.25) is 9.69 Å². The lowest BCUT2D eigenvalue weighted by Gasteiger charge is -2.14. The summed E-state index contributed by atoms with van der Waals surface area (Å²) in [6, 6.07) is 5.85. The molecule has 0 saturated carbocycles. The zero-order valence-electron chi connectivity index (χ0n) is 9.44. The van der Waals surface area contributed by atoms with Crippen molar-refractivity contribution < 1.29 is 9.18 Å². The minimum atomic E-state index is -0.284. The maximum Gasteiger partial charge on any atom is 0.251 e. The van der Waals surface area contributed by atoms with Crippen LogP contribution in [-0.2, 0) is 11.3 Å². The number of rotatable bonds is 3. The van der Waals surface area contributed by atoms with E-state index in [1.807, 2.05) is 6.92 Å². The van der Waals surface area contributed by atoms with E-state index in [1.54, 1.807) is 12.1 Å². The number of nitrogens with one attached hydrogen (secondary N) is 1. The van der Waals surface area contributed by atoms with Crippen molar-refractivity contribution in [1.29, 1.82) is 0 Å². The van der Waals surface area contributed by atoms with Gasteiger partial charge in [0, 0.05) is 0 Å². The van der Waals surface area contributed by atoms with E-state index in [4.69, 9.17) is 12.2 Å². The topological polar surface area (TPSA) is 32.3 Å². The van der Waals surface area contributed by atoms with Crippen LogP contribution in [0.25, 0.3) is 0 Å². The summed E-state index contributed by atoms with van der Waals surface area (Å²) in [6.45, 7) is 2.32. The predicted octanol–water partition coefficient (Wildman–Crippen LogP) is 1.82. The molecule has 1 aliphatic heterocycles. The fraction of sp³-hybridized carbons (Fsp3) is 0.333. The van der Waals surface area contributed by atoms with Crippen molar-refractivity contribution in [3.8, 4) is 0 Å². The molecule has 1 atom stereocenters. The molecule has 1 unspecified atom stereocenters. The van der Waals surface area contributed by atoms with Crippen LogP contribution in [0.1, 0.15) is 18.9 Å². The predicted molar refractivity (Wildman–Crippen MR) is 66.8 cm³/mol. The zero-order chi connectivity index (χ0) is 12.4. The van der Waals surface area contributed by atoms with E-state index in [1.165, 1.54) is 17.0 Å². The molecule has 0 aliphatic carbocycles. The molecule has 5 heteroatoms. The van der Waals surface area contributed by atoms with Gasteiger partial charge in [-0.2, -0.15) is 0 Å². The number of halogens is 1. The van der Waals surface area contributed by atoms with E-state index in [9.17, 15) is 9.18 Å². The van der Waals surface area contributed by atoms with E-state index in [2.05, 4.69) is 5.32 Å². The molecule has 1 aromatic rings. The molecular formula is C12H13FN2OS. The molecule has 1 N–H and O–H groups in total. The normalized spacial score (nSPS) is 19.6. The highest BCUT2D eigenvalue weighted by atomic mass is 32.1. The smallest absolute Gasteiger partial charge is 0.251 e. The molecule has 1 aliphatic rings. The van der Waals surface area contributed by atoms with Crippen molar-refractivity contribution in [3.05, 3.63) is 35.6 Å². The first-order chi connectivity index (χ1) is 8.11. The minimum absolute atomic E-state index is 0.0122. The SMILES string of the molecule is CCC1NC(=S)N(Cc2ccc(F)cc2)C1=O. The second-order valence-corrected chi connectivity index (χ2v) is 4.35. The van der Waals surface area contributed by atoms with Gasteiger partial charge >= 0.3 is 0 Å². The van der Waals surface area contributed by atoms with Gasteiger partial charge in [0.15, 0.2) is 5.11 Å². The van der Waals surface area contributed by atoms with Crippen LogP contribution in [0.4, 0.5) is 4.39 Å². The summed E-state index contributed by atoms with van der Waals surface area (Å²) in [5, 5.41) is 3.42. The van der Waals surface area contributed by atoms with Gasteiger partial charge in [-0.05, 0) is 36.3 Å². The second-order valence-electron chi connectivity index (χ2n) is 3.96. The molecule has 1 saturated heterocycles. The largest absolute Gasteiger partial charge is 0.350 e. The molecule has 1 heterocycles. The third kappa shape index (κ3) is 2.44. The molecule has 0 spiro atoms. The van der Waals surface area contributed by atoms with Gasteiger partial charge in [0.1, 0.15) is 11.9 Å². The molecular weight excluding hydrogens is 239 g/mol. The van der Waals surface area contributed by atoms with Gasteiger partial charge in [-0.15, -0.1) is 0 Å². The first-order valence-corrected chi connectivity index (χ1v) is 5.89. The second kappa shape index (κ2) is 4.79. The molecule has 0 bridgehead atoms. The first-order valence-electron chi connectivity index (χ1n) is 5.48. The van der Waals surface area contributed by atoms with Crippen LogP contribution in [0.15, 0.2) is 24.3 Å². The van der Waals surface area contributed by atoms with Gasteiger partial charge in [-0.1, -0.05) is 19.1 Å². The zero-order valence-corrected chi connectivity index (χ0v) is 10.3. The highest BCUT2D eigenvalue weighted by Crippen LogP contribution is 2.14. The van der Waals surface area contributed by atoms with E-state index in [-0.39, 0.29) is 17.8 Å². The Hall–Kier alpha value is -1.49. The van der Waals surface area contributed by atoms with Crippen molar-refractivity contribution >= 4 is 23.2 Å². The lowest BCUT2D eigenvalue weighted by atomic mass is 10.2. The van der Waals surface area contributed by atoms with E-state index in [0.717, 1.165) is 5.56 Å². The monoisotopic (exact) mass is 252 g/mol. The number of hydrogen-bond acceptors (Lipinski definition) is 2. The summed E-state index contributed by atoms with van der Waals surface area (Å²) < 4.78 is 12.8. The van der Waals surface area contributed by atoms with Gasteiger partial charge in [-0.25, -0.2) is 4.39 Å². The van der Waals surface area contributed by atoms with Crippen molar-refractivity contribution in [3.63, 3.8) is 0 Å². The maximum absolute atomic E-state index is 12.8. The van der Waals surface area contributed by atoms with Crippen molar-refractivity contribution in [2.75, 3.05) is 0 Å². The standard InChI is InChI=1S/C12H13FN2OS/c1-2-10-11(16)15(12(17)14-10)7-8-3-5-9(13)6-4-8/h3-6,10H,2,7H2,1H3,(H,14,17). The average Bonchev–Trinajstić information content (AvgIpc) is 2.59. The fourth-order valence-electron chi connectivity index (χ4n) is 1.78. The molecule has 0 radical (unpaired) electrons. The van der Waals surface area contributed by atoms with Gasteiger partial charge in [0.05, 0.1) is 6.54 Å². The third-order valence-electron chi connectivity index (χ3n) is 2.77.